The van der Waals surface area contributed by atoms with E-state index in [0.717, 1.165) is 18.9 Å². The molecule has 0 amide bonds. The van der Waals surface area contributed by atoms with Crippen LogP contribution in [0.25, 0.3) is 10.9 Å². The second-order valence-corrected chi connectivity index (χ2v) is 5.31. The van der Waals surface area contributed by atoms with E-state index >= 15 is 0 Å². The first-order valence-corrected chi connectivity index (χ1v) is 6.49. The van der Waals surface area contributed by atoms with Crippen LogP contribution in [-0.2, 0) is 13.0 Å². The van der Waals surface area contributed by atoms with Gasteiger partial charge in [-0.15, -0.1) is 0 Å². The molecule has 1 aliphatic rings. The zero-order chi connectivity index (χ0) is 11.8. The monoisotopic (exact) mass is 229 g/mol. The van der Waals surface area contributed by atoms with E-state index < -0.39 is 0 Å². The predicted molar refractivity (Wildman–Crippen MR) is 70.0 cm³/mol. The molecule has 0 radical (unpaired) electrons. The molecule has 3 rings (SSSR count). The van der Waals surface area contributed by atoms with E-state index in [1.54, 1.807) is 0 Å². The number of hydrogen-bond donors (Lipinski definition) is 1. The molecule has 2 heteroatoms. The SMILES string of the molecule is CC(O)Cc1cccc2c1ccn2CC1CC1. The summed E-state index contributed by atoms with van der Waals surface area (Å²) in [4.78, 5) is 0. The van der Waals surface area contributed by atoms with E-state index in [1.165, 1.54) is 29.3 Å². The maximum Gasteiger partial charge on any atom is 0.0552 e. The zero-order valence-electron chi connectivity index (χ0n) is 10.3. The number of aliphatic hydroxyl groups excluding tert-OH is 1. The van der Waals surface area contributed by atoms with Crippen molar-refractivity contribution in [3.05, 3.63) is 36.0 Å². The molecular weight excluding hydrogens is 210 g/mol. The van der Waals surface area contributed by atoms with Crippen LogP contribution in [0.5, 0.6) is 0 Å². The van der Waals surface area contributed by atoms with Crippen molar-refractivity contribution < 1.29 is 5.11 Å². The van der Waals surface area contributed by atoms with Crippen LogP contribution in [-0.4, -0.2) is 15.8 Å². The number of hydrogen-bond acceptors (Lipinski definition) is 1. The summed E-state index contributed by atoms with van der Waals surface area (Å²) in [6.07, 6.45) is 5.42. The quantitative estimate of drug-likeness (QED) is 0.856. The smallest absolute Gasteiger partial charge is 0.0552 e. The molecule has 1 N–H and O–H groups in total. The average Bonchev–Trinajstić information content (AvgIpc) is 2.99. The molecule has 1 aromatic heterocycles. The molecule has 1 heterocycles. The largest absolute Gasteiger partial charge is 0.393 e. The fourth-order valence-electron chi connectivity index (χ4n) is 2.52. The summed E-state index contributed by atoms with van der Waals surface area (Å²) in [5.74, 6) is 0.894. The highest BCUT2D eigenvalue weighted by molar-refractivity contribution is 5.83. The van der Waals surface area contributed by atoms with Gasteiger partial charge in [0.05, 0.1) is 6.10 Å². The van der Waals surface area contributed by atoms with E-state index in [4.69, 9.17) is 0 Å². The molecule has 2 nitrogen and oxygen atoms in total. The van der Waals surface area contributed by atoms with Gasteiger partial charge in [-0.05, 0) is 49.8 Å². The van der Waals surface area contributed by atoms with Gasteiger partial charge < -0.3 is 9.67 Å². The third-order valence-corrected chi connectivity index (χ3v) is 3.57. The molecule has 17 heavy (non-hydrogen) atoms. The highest BCUT2D eigenvalue weighted by Crippen LogP contribution is 2.32. The molecule has 1 atom stereocenters. The van der Waals surface area contributed by atoms with Crippen molar-refractivity contribution in [1.82, 2.24) is 4.57 Å². The van der Waals surface area contributed by atoms with Gasteiger partial charge in [-0.3, -0.25) is 0 Å². The number of rotatable bonds is 4. The lowest BCUT2D eigenvalue weighted by atomic mass is 10.0. The van der Waals surface area contributed by atoms with Gasteiger partial charge in [-0.25, -0.2) is 0 Å². The van der Waals surface area contributed by atoms with Gasteiger partial charge in [0.15, 0.2) is 0 Å². The molecule has 1 unspecified atom stereocenters. The number of benzene rings is 1. The van der Waals surface area contributed by atoms with Crippen LogP contribution in [0.2, 0.25) is 0 Å². The van der Waals surface area contributed by atoms with Crippen LogP contribution >= 0.6 is 0 Å². The molecule has 0 saturated heterocycles. The molecule has 0 bridgehead atoms. The average molecular weight is 229 g/mol. The maximum absolute atomic E-state index is 9.52. The van der Waals surface area contributed by atoms with Crippen LogP contribution in [0.15, 0.2) is 30.5 Å². The van der Waals surface area contributed by atoms with Gasteiger partial charge in [0.25, 0.3) is 0 Å². The Morgan fingerprint density at radius 2 is 2.18 bits per heavy atom. The van der Waals surface area contributed by atoms with E-state index in [2.05, 4.69) is 35.0 Å². The van der Waals surface area contributed by atoms with Gasteiger partial charge in [0.1, 0.15) is 0 Å². The second kappa shape index (κ2) is 4.19. The van der Waals surface area contributed by atoms with Gasteiger partial charge >= 0.3 is 0 Å². The summed E-state index contributed by atoms with van der Waals surface area (Å²) in [6, 6.07) is 8.60. The molecule has 1 aromatic carbocycles. The minimum absolute atomic E-state index is 0.271. The predicted octanol–water partition coefficient (Wildman–Crippen LogP) is 2.97. The molecule has 90 valence electrons. The summed E-state index contributed by atoms with van der Waals surface area (Å²) < 4.78 is 2.36. The van der Waals surface area contributed by atoms with Crippen molar-refractivity contribution in [2.75, 3.05) is 0 Å². The summed E-state index contributed by atoms with van der Waals surface area (Å²) >= 11 is 0. The van der Waals surface area contributed by atoms with E-state index in [1.807, 2.05) is 6.92 Å². The third kappa shape index (κ3) is 2.22. The van der Waals surface area contributed by atoms with Crippen molar-refractivity contribution >= 4 is 10.9 Å². The highest BCUT2D eigenvalue weighted by atomic mass is 16.3. The minimum atomic E-state index is -0.271. The minimum Gasteiger partial charge on any atom is -0.393 e. The maximum atomic E-state index is 9.52. The number of aliphatic hydroxyl groups is 1. The summed E-state index contributed by atoms with van der Waals surface area (Å²) in [5, 5.41) is 10.8. The molecule has 1 aliphatic carbocycles. The lowest BCUT2D eigenvalue weighted by Crippen LogP contribution is -2.04. The van der Waals surface area contributed by atoms with Gasteiger partial charge in [-0.2, -0.15) is 0 Å². The Kier molecular flexibility index (Phi) is 2.67. The third-order valence-electron chi connectivity index (χ3n) is 3.57. The normalized spacial score (nSPS) is 17.5. The van der Waals surface area contributed by atoms with E-state index in [-0.39, 0.29) is 6.10 Å². The van der Waals surface area contributed by atoms with E-state index in [0.29, 0.717) is 0 Å². The summed E-state index contributed by atoms with van der Waals surface area (Å²) in [5.41, 5.74) is 2.57. The second-order valence-electron chi connectivity index (χ2n) is 5.31. The Balaban J connectivity index is 1.98. The molecule has 0 aliphatic heterocycles. The lowest BCUT2D eigenvalue weighted by Gasteiger charge is -2.08. The van der Waals surface area contributed by atoms with Crippen molar-refractivity contribution in [2.45, 2.75) is 38.8 Å². The van der Waals surface area contributed by atoms with Gasteiger partial charge in [-0.1, -0.05) is 12.1 Å². The lowest BCUT2D eigenvalue weighted by molar-refractivity contribution is 0.196. The summed E-state index contributed by atoms with van der Waals surface area (Å²) in [6.45, 7) is 3.00. The Hall–Kier alpha value is -1.28. The Morgan fingerprint density at radius 3 is 2.88 bits per heavy atom. The van der Waals surface area contributed by atoms with Gasteiger partial charge in [0, 0.05) is 23.6 Å². The van der Waals surface area contributed by atoms with Crippen molar-refractivity contribution in [2.24, 2.45) is 5.92 Å². The molecule has 2 aromatic rings. The molecule has 1 saturated carbocycles. The molecular formula is C15H19NO. The van der Waals surface area contributed by atoms with Crippen molar-refractivity contribution in [1.29, 1.82) is 0 Å². The Labute approximate surface area is 102 Å². The Bertz CT molecular complexity index is 523. The van der Waals surface area contributed by atoms with Gasteiger partial charge in [0.2, 0.25) is 0 Å². The summed E-state index contributed by atoms with van der Waals surface area (Å²) in [7, 11) is 0. The van der Waals surface area contributed by atoms with Crippen LogP contribution < -0.4 is 0 Å². The first-order valence-electron chi connectivity index (χ1n) is 6.49. The number of aromatic nitrogens is 1. The number of nitrogens with zero attached hydrogens (tertiary/aromatic N) is 1. The van der Waals surface area contributed by atoms with Crippen LogP contribution in [0.4, 0.5) is 0 Å². The first-order chi connectivity index (χ1) is 8.24. The zero-order valence-corrected chi connectivity index (χ0v) is 10.3. The Morgan fingerprint density at radius 1 is 1.35 bits per heavy atom. The fourth-order valence-corrected chi connectivity index (χ4v) is 2.52. The van der Waals surface area contributed by atoms with E-state index in [9.17, 15) is 5.11 Å². The van der Waals surface area contributed by atoms with Crippen molar-refractivity contribution in [3.8, 4) is 0 Å². The first kappa shape index (κ1) is 10.8. The van der Waals surface area contributed by atoms with Crippen molar-refractivity contribution in [3.63, 3.8) is 0 Å². The highest BCUT2D eigenvalue weighted by Gasteiger charge is 2.22. The van der Waals surface area contributed by atoms with Crippen LogP contribution in [0.3, 0.4) is 0 Å². The topological polar surface area (TPSA) is 25.2 Å². The molecule has 0 spiro atoms. The number of fused-ring (bicyclic) bond motifs is 1. The molecule has 1 fully saturated rings. The fraction of sp³-hybridized carbons (Fsp3) is 0.467. The van der Waals surface area contributed by atoms with Crippen LogP contribution in [0, 0.1) is 5.92 Å². The van der Waals surface area contributed by atoms with Crippen LogP contribution in [0.1, 0.15) is 25.3 Å². The standard InChI is InChI=1S/C15H19NO/c1-11(17)9-13-3-2-4-15-14(13)7-8-16(15)10-12-5-6-12/h2-4,7-8,11-12,17H,5-6,9-10H2,1H3.